The van der Waals surface area contributed by atoms with Crippen molar-refractivity contribution in [2.75, 3.05) is 34.7 Å². The Hall–Kier alpha value is -0.0800. The van der Waals surface area contributed by atoms with Crippen molar-refractivity contribution in [3.8, 4) is 0 Å². The number of nitrogens with zero attached hydrogens (tertiary/aromatic N) is 2. The van der Waals surface area contributed by atoms with E-state index in [1.165, 1.54) is 25.8 Å². The van der Waals surface area contributed by atoms with E-state index < -0.39 is 0 Å². The van der Waals surface area contributed by atoms with Crippen LogP contribution in [0, 0.1) is 5.92 Å². The van der Waals surface area contributed by atoms with Gasteiger partial charge in [0.25, 0.3) is 0 Å². The molecular weight excluding hydrogens is 172 g/mol. The molecule has 0 aliphatic carbocycles. The Morgan fingerprint density at radius 2 is 1.50 bits per heavy atom. The number of hydrogen-bond donors (Lipinski definition) is 0. The van der Waals surface area contributed by atoms with Crippen LogP contribution in [-0.4, -0.2) is 50.6 Å². The minimum Gasteiger partial charge on any atom is -0.309 e. The van der Waals surface area contributed by atoms with Crippen molar-refractivity contribution in [3.63, 3.8) is 0 Å². The first-order chi connectivity index (χ1) is 6.45. The lowest BCUT2D eigenvalue weighted by Gasteiger charge is -2.28. The van der Waals surface area contributed by atoms with Gasteiger partial charge in [0.1, 0.15) is 0 Å². The predicted octanol–water partition coefficient (Wildman–Crippen LogP) is 2.30. The summed E-state index contributed by atoms with van der Waals surface area (Å²) in [4.78, 5) is 4.63. The molecular formula is C12H28N2. The number of hydrogen-bond acceptors (Lipinski definition) is 2. The van der Waals surface area contributed by atoms with Crippen LogP contribution >= 0.6 is 0 Å². The second-order valence-corrected chi connectivity index (χ2v) is 5.07. The first-order valence-electron chi connectivity index (χ1n) is 5.76. The molecule has 2 heteroatoms. The maximum atomic E-state index is 2.36. The molecule has 14 heavy (non-hydrogen) atoms. The second kappa shape index (κ2) is 7.24. The van der Waals surface area contributed by atoms with Gasteiger partial charge in [-0.3, -0.25) is 0 Å². The van der Waals surface area contributed by atoms with E-state index in [2.05, 4.69) is 51.8 Å². The van der Waals surface area contributed by atoms with Gasteiger partial charge in [-0.2, -0.15) is 0 Å². The van der Waals surface area contributed by atoms with Crippen LogP contribution in [0.2, 0.25) is 0 Å². The first kappa shape index (κ1) is 13.9. The second-order valence-electron chi connectivity index (χ2n) is 5.07. The van der Waals surface area contributed by atoms with E-state index in [0.717, 1.165) is 12.0 Å². The summed E-state index contributed by atoms with van der Waals surface area (Å²) in [6.45, 7) is 5.85. The minimum absolute atomic E-state index is 0.747. The van der Waals surface area contributed by atoms with E-state index >= 15 is 0 Å². The predicted molar refractivity (Wildman–Crippen MR) is 64.7 cm³/mol. The molecule has 0 fully saturated rings. The van der Waals surface area contributed by atoms with Gasteiger partial charge in [-0.25, -0.2) is 0 Å². The molecule has 0 heterocycles. The molecule has 0 bridgehead atoms. The van der Waals surface area contributed by atoms with Gasteiger partial charge in [-0.1, -0.05) is 20.3 Å². The Bertz CT molecular complexity index is 122. The van der Waals surface area contributed by atoms with E-state index in [9.17, 15) is 0 Å². The van der Waals surface area contributed by atoms with E-state index in [-0.39, 0.29) is 0 Å². The lowest BCUT2D eigenvalue weighted by atomic mass is 9.97. The van der Waals surface area contributed by atoms with Crippen LogP contribution in [0.15, 0.2) is 0 Å². The van der Waals surface area contributed by atoms with Gasteiger partial charge in [0.2, 0.25) is 0 Å². The molecule has 0 aromatic heterocycles. The zero-order valence-corrected chi connectivity index (χ0v) is 10.9. The van der Waals surface area contributed by atoms with Gasteiger partial charge in [0.05, 0.1) is 0 Å². The van der Waals surface area contributed by atoms with Gasteiger partial charge >= 0.3 is 0 Å². The molecule has 0 N–H and O–H groups in total. The first-order valence-corrected chi connectivity index (χ1v) is 5.76. The highest BCUT2D eigenvalue weighted by atomic mass is 15.1. The third-order valence-corrected chi connectivity index (χ3v) is 2.79. The van der Waals surface area contributed by atoms with Crippen molar-refractivity contribution in [2.24, 2.45) is 5.92 Å². The van der Waals surface area contributed by atoms with E-state index in [1.54, 1.807) is 0 Å². The Labute approximate surface area is 90.3 Å². The molecule has 0 radical (unpaired) electrons. The van der Waals surface area contributed by atoms with E-state index in [0.29, 0.717) is 0 Å². The highest BCUT2D eigenvalue weighted by Crippen LogP contribution is 2.14. The average molecular weight is 200 g/mol. The van der Waals surface area contributed by atoms with Gasteiger partial charge in [-0.15, -0.1) is 0 Å². The van der Waals surface area contributed by atoms with Crippen molar-refractivity contribution in [3.05, 3.63) is 0 Å². The molecule has 86 valence electrons. The fourth-order valence-corrected chi connectivity index (χ4v) is 1.97. The van der Waals surface area contributed by atoms with E-state index in [4.69, 9.17) is 0 Å². The molecule has 2 nitrogen and oxygen atoms in total. The van der Waals surface area contributed by atoms with Crippen LogP contribution in [0.3, 0.4) is 0 Å². The van der Waals surface area contributed by atoms with Crippen LogP contribution in [0.5, 0.6) is 0 Å². The van der Waals surface area contributed by atoms with Gasteiger partial charge in [-0.05, 0) is 53.5 Å². The van der Waals surface area contributed by atoms with Crippen LogP contribution in [0.4, 0.5) is 0 Å². The van der Waals surface area contributed by atoms with Crippen molar-refractivity contribution in [1.82, 2.24) is 9.80 Å². The van der Waals surface area contributed by atoms with Crippen molar-refractivity contribution in [2.45, 2.75) is 39.2 Å². The Kier molecular flexibility index (Phi) is 7.20. The summed E-state index contributed by atoms with van der Waals surface area (Å²) in [5.74, 6) is 0.768. The summed E-state index contributed by atoms with van der Waals surface area (Å²) in [5.41, 5.74) is 0. The van der Waals surface area contributed by atoms with Crippen LogP contribution in [-0.2, 0) is 0 Å². The van der Waals surface area contributed by atoms with Crippen molar-refractivity contribution < 1.29 is 0 Å². The summed E-state index contributed by atoms with van der Waals surface area (Å²) >= 11 is 0. The van der Waals surface area contributed by atoms with E-state index in [1.807, 2.05) is 0 Å². The largest absolute Gasteiger partial charge is 0.309 e. The summed E-state index contributed by atoms with van der Waals surface area (Å²) in [6.07, 6.45) is 4.00. The molecule has 0 aliphatic heterocycles. The molecule has 0 amide bonds. The monoisotopic (exact) mass is 200 g/mol. The quantitative estimate of drug-likeness (QED) is 0.582. The zero-order chi connectivity index (χ0) is 11.1. The topological polar surface area (TPSA) is 6.48 Å². The fraction of sp³-hybridized carbons (Fsp3) is 1.00. The molecule has 0 aromatic carbocycles. The van der Waals surface area contributed by atoms with Crippen molar-refractivity contribution >= 4 is 0 Å². The fourth-order valence-electron chi connectivity index (χ4n) is 1.97. The highest BCUT2D eigenvalue weighted by Gasteiger charge is 2.14. The number of unbranched alkanes of at least 4 members (excludes halogenated alkanes) is 1. The molecule has 0 saturated carbocycles. The molecule has 0 saturated heterocycles. The van der Waals surface area contributed by atoms with Crippen molar-refractivity contribution in [1.29, 1.82) is 0 Å². The molecule has 0 spiro atoms. The van der Waals surface area contributed by atoms with Gasteiger partial charge < -0.3 is 9.80 Å². The summed E-state index contributed by atoms with van der Waals surface area (Å²) < 4.78 is 0. The Balaban J connectivity index is 3.62. The third-order valence-electron chi connectivity index (χ3n) is 2.79. The Morgan fingerprint density at radius 1 is 0.929 bits per heavy atom. The molecule has 0 aliphatic rings. The zero-order valence-electron chi connectivity index (χ0n) is 10.9. The van der Waals surface area contributed by atoms with Crippen LogP contribution in [0.25, 0.3) is 0 Å². The van der Waals surface area contributed by atoms with Crippen LogP contribution < -0.4 is 0 Å². The highest BCUT2D eigenvalue weighted by molar-refractivity contribution is 4.69. The number of rotatable bonds is 7. The SMILES string of the molecule is CC(C)C(CCCCN(C)C)N(C)C. The molecule has 1 atom stereocenters. The Morgan fingerprint density at radius 3 is 1.86 bits per heavy atom. The third kappa shape index (κ3) is 6.39. The molecule has 1 unspecified atom stereocenters. The van der Waals surface area contributed by atoms with Gasteiger partial charge in [0.15, 0.2) is 0 Å². The average Bonchev–Trinajstić information content (AvgIpc) is 2.01. The maximum absolute atomic E-state index is 2.36. The maximum Gasteiger partial charge on any atom is 0.0112 e. The molecule has 0 rings (SSSR count). The smallest absolute Gasteiger partial charge is 0.0112 e. The summed E-state index contributed by atoms with van der Waals surface area (Å²) in [5, 5.41) is 0. The lowest BCUT2D eigenvalue weighted by molar-refractivity contribution is 0.211. The summed E-state index contributed by atoms with van der Waals surface area (Å²) in [6, 6.07) is 0.747. The normalized spacial score (nSPS) is 14.4. The van der Waals surface area contributed by atoms with Gasteiger partial charge in [0, 0.05) is 6.04 Å². The standard InChI is InChI=1S/C12H28N2/c1-11(2)12(14(5)6)9-7-8-10-13(3)4/h11-12H,7-10H2,1-6H3. The summed E-state index contributed by atoms with van der Waals surface area (Å²) in [7, 11) is 8.67. The minimum atomic E-state index is 0.747. The molecule has 0 aromatic rings. The van der Waals surface area contributed by atoms with Crippen LogP contribution in [0.1, 0.15) is 33.1 Å². The lowest BCUT2D eigenvalue weighted by Crippen LogP contribution is -2.32.